The minimum atomic E-state index is -3.70. The Bertz CT molecular complexity index is 1020. The molecule has 1 aliphatic rings. The summed E-state index contributed by atoms with van der Waals surface area (Å²) in [5, 5.41) is 4.20. The lowest BCUT2D eigenvalue weighted by molar-refractivity contribution is 0.0763. The molecule has 1 saturated heterocycles. The number of rotatable bonds is 3. The number of hydrogen-bond acceptors (Lipinski definition) is 4. The third kappa shape index (κ3) is 3.68. The van der Waals surface area contributed by atoms with E-state index in [1.54, 1.807) is 49.5 Å². The van der Waals surface area contributed by atoms with Gasteiger partial charge in [0.25, 0.3) is 5.91 Å². The first-order valence-electron chi connectivity index (χ1n) is 9.18. The van der Waals surface area contributed by atoms with Crippen LogP contribution in [0.1, 0.15) is 33.7 Å². The minimum Gasteiger partial charge on any atom is -0.337 e. The summed E-state index contributed by atoms with van der Waals surface area (Å²) in [4.78, 5) is 14.5. The maximum Gasteiger partial charge on any atom is 0.254 e. The third-order valence-corrected chi connectivity index (χ3v) is 7.35. The van der Waals surface area contributed by atoms with Crippen LogP contribution in [0.25, 0.3) is 0 Å². The molecule has 1 aromatic heterocycles. The van der Waals surface area contributed by atoms with Crippen molar-refractivity contribution in [3.63, 3.8) is 0 Å². The van der Waals surface area contributed by atoms with Gasteiger partial charge in [0, 0.05) is 38.8 Å². The first-order valence-corrected chi connectivity index (χ1v) is 10.6. The number of nitrogens with zero attached hydrogens (tertiary/aromatic N) is 4. The van der Waals surface area contributed by atoms with Gasteiger partial charge in [0.1, 0.15) is 10.7 Å². The van der Waals surface area contributed by atoms with E-state index in [1.165, 1.54) is 10.4 Å². The summed E-state index contributed by atoms with van der Waals surface area (Å²) >= 11 is 0. The van der Waals surface area contributed by atoms with E-state index in [1.807, 2.05) is 0 Å². The van der Waals surface area contributed by atoms with Crippen molar-refractivity contribution in [1.82, 2.24) is 19.0 Å². The molecule has 0 bridgehead atoms. The maximum absolute atomic E-state index is 13.8. The zero-order valence-electron chi connectivity index (χ0n) is 16.6. The summed E-state index contributed by atoms with van der Waals surface area (Å²) in [6.07, 6.45) is 0.512. The van der Waals surface area contributed by atoms with Crippen molar-refractivity contribution in [3.8, 4) is 0 Å². The highest BCUT2D eigenvalue weighted by Crippen LogP contribution is 2.24. The molecule has 0 N–H and O–H groups in total. The van der Waals surface area contributed by atoms with Crippen molar-refractivity contribution in [2.24, 2.45) is 7.05 Å². The van der Waals surface area contributed by atoms with Gasteiger partial charge in [0.2, 0.25) is 10.0 Å². The molecular weight excluding hydrogens is 383 g/mol. The van der Waals surface area contributed by atoms with Crippen LogP contribution in [0, 0.1) is 26.6 Å². The number of sulfonamides is 1. The SMILES string of the molecule is Cc1ccc(C(=O)N2CCCN(S(=O)(=O)c3c(C)nn(C)c3C)CC2)cc1F. The molecule has 2 heterocycles. The highest BCUT2D eigenvalue weighted by atomic mass is 32.2. The molecule has 1 fully saturated rings. The number of halogens is 1. The number of hydrogen-bond donors (Lipinski definition) is 0. The van der Waals surface area contributed by atoms with Crippen LogP contribution in [0.4, 0.5) is 4.39 Å². The Kier molecular flexibility index (Phi) is 5.58. The van der Waals surface area contributed by atoms with E-state index in [9.17, 15) is 17.6 Å². The van der Waals surface area contributed by atoms with Gasteiger partial charge in [-0.3, -0.25) is 9.48 Å². The Hall–Kier alpha value is -2.26. The first-order chi connectivity index (χ1) is 13.1. The fourth-order valence-electron chi connectivity index (χ4n) is 3.50. The van der Waals surface area contributed by atoms with Crippen molar-refractivity contribution >= 4 is 15.9 Å². The van der Waals surface area contributed by atoms with Crippen LogP contribution >= 0.6 is 0 Å². The molecule has 1 aromatic carbocycles. The summed E-state index contributed by atoms with van der Waals surface area (Å²) in [5.74, 6) is -0.709. The lowest BCUT2D eigenvalue weighted by atomic mass is 10.1. The van der Waals surface area contributed by atoms with Gasteiger partial charge in [0.15, 0.2) is 0 Å². The molecule has 152 valence electrons. The predicted molar refractivity (Wildman–Crippen MR) is 103 cm³/mol. The van der Waals surface area contributed by atoms with Crippen molar-refractivity contribution in [3.05, 3.63) is 46.5 Å². The van der Waals surface area contributed by atoms with Crippen molar-refractivity contribution < 1.29 is 17.6 Å². The van der Waals surface area contributed by atoms with Gasteiger partial charge in [-0.15, -0.1) is 0 Å². The van der Waals surface area contributed by atoms with Crippen LogP contribution in [-0.2, 0) is 17.1 Å². The second kappa shape index (κ2) is 7.63. The summed E-state index contributed by atoms with van der Waals surface area (Å²) in [6.45, 7) is 6.24. The molecule has 0 radical (unpaired) electrons. The average molecular weight is 408 g/mol. The normalized spacial score (nSPS) is 16.2. The fraction of sp³-hybridized carbons (Fsp3) is 0.474. The van der Waals surface area contributed by atoms with Gasteiger partial charge in [-0.05, 0) is 44.9 Å². The largest absolute Gasteiger partial charge is 0.337 e. The fourth-order valence-corrected chi connectivity index (χ4v) is 5.37. The average Bonchev–Trinajstić information content (AvgIpc) is 2.82. The summed E-state index contributed by atoms with van der Waals surface area (Å²) < 4.78 is 43.1. The van der Waals surface area contributed by atoms with Crippen LogP contribution in [0.15, 0.2) is 23.1 Å². The highest BCUT2D eigenvalue weighted by Gasteiger charge is 2.32. The Morgan fingerprint density at radius 1 is 1.11 bits per heavy atom. The molecule has 28 heavy (non-hydrogen) atoms. The van der Waals surface area contributed by atoms with Gasteiger partial charge in [-0.1, -0.05) is 6.07 Å². The molecule has 1 aliphatic heterocycles. The van der Waals surface area contributed by atoms with Crippen LogP contribution in [0.3, 0.4) is 0 Å². The van der Waals surface area contributed by atoms with E-state index < -0.39 is 15.8 Å². The van der Waals surface area contributed by atoms with Gasteiger partial charge in [0.05, 0.1) is 11.4 Å². The Balaban J connectivity index is 1.79. The van der Waals surface area contributed by atoms with E-state index in [-0.39, 0.29) is 29.5 Å². The number of carbonyl (C=O) groups excluding carboxylic acids is 1. The minimum absolute atomic E-state index is 0.191. The quantitative estimate of drug-likeness (QED) is 0.779. The van der Waals surface area contributed by atoms with Crippen LogP contribution < -0.4 is 0 Å². The predicted octanol–water partition coefficient (Wildman–Crippen LogP) is 2.02. The second-order valence-corrected chi connectivity index (χ2v) is 9.01. The molecule has 0 spiro atoms. The standard InChI is InChI=1S/C19H25FN4O3S/c1-13-6-7-16(12-17(13)20)19(25)23-8-5-9-24(11-10-23)28(26,27)18-14(2)21-22(4)15(18)3/h6-7,12H,5,8-11H2,1-4H3. The molecule has 1 amide bonds. The molecule has 0 atom stereocenters. The number of aryl methyl sites for hydroxylation is 3. The zero-order chi connectivity index (χ0) is 20.6. The maximum atomic E-state index is 13.8. The molecular formula is C19H25FN4O3S. The molecule has 2 aromatic rings. The van der Waals surface area contributed by atoms with Crippen LogP contribution in [0.2, 0.25) is 0 Å². The number of amides is 1. The van der Waals surface area contributed by atoms with Gasteiger partial charge in [-0.25, -0.2) is 12.8 Å². The molecule has 7 nitrogen and oxygen atoms in total. The van der Waals surface area contributed by atoms with Gasteiger partial charge in [-0.2, -0.15) is 9.40 Å². The third-order valence-electron chi connectivity index (χ3n) is 5.20. The lowest BCUT2D eigenvalue weighted by Gasteiger charge is -2.22. The van der Waals surface area contributed by atoms with Gasteiger partial charge >= 0.3 is 0 Å². The summed E-state index contributed by atoms with van der Waals surface area (Å²) in [7, 11) is -1.99. The van der Waals surface area contributed by atoms with E-state index >= 15 is 0 Å². The van der Waals surface area contributed by atoms with Crippen LogP contribution in [0.5, 0.6) is 0 Å². The van der Waals surface area contributed by atoms with Crippen LogP contribution in [-0.4, -0.2) is 59.5 Å². The highest BCUT2D eigenvalue weighted by molar-refractivity contribution is 7.89. The van der Waals surface area contributed by atoms with Crippen molar-refractivity contribution in [2.75, 3.05) is 26.2 Å². The van der Waals surface area contributed by atoms with Gasteiger partial charge < -0.3 is 4.90 Å². The number of benzene rings is 1. The smallest absolute Gasteiger partial charge is 0.254 e. The van der Waals surface area contributed by atoms with E-state index in [0.29, 0.717) is 36.5 Å². The first kappa shape index (κ1) is 20.5. The topological polar surface area (TPSA) is 75.5 Å². The molecule has 0 aliphatic carbocycles. The second-order valence-electron chi connectivity index (χ2n) is 7.14. The Morgan fingerprint density at radius 3 is 2.43 bits per heavy atom. The zero-order valence-corrected chi connectivity index (χ0v) is 17.4. The monoisotopic (exact) mass is 408 g/mol. The van der Waals surface area contributed by atoms with E-state index in [4.69, 9.17) is 0 Å². The van der Waals surface area contributed by atoms with Crippen molar-refractivity contribution in [2.45, 2.75) is 32.1 Å². The Labute approximate surface area is 164 Å². The molecule has 0 saturated carbocycles. The lowest BCUT2D eigenvalue weighted by Crippen LogP contribution is -2.37. The van der Waals surface area contributed by atoms with Crippen molar-refractivity contribution in [1.29, 1.82) is 0 Å². The summed E-state index contributed by atoms with van der Waals surface area (Å²) in [6, 6.07) is 4.41. The number of aromatic nitrogens is 2. The molecule has 3 rings (SSSR count). The summed E-state index contributed by atoms with van der Waals surface area (Å²) in [5.41, 5.74) is 1.81. The Morgan fingerprint density at radius 2 is 1.82 bits per heavy atom. The molecule has 9 heteroatoms. The van der Waals surface area contributed by atoms with E-state index in [0.717, 1.165) is 0 Å². The molecule has 0 unspecified atom stereocenters. The number of carbonyl (C=O) groups is 1. The van der Waals surface area contributed by atoms with E-state index in [2.05, 4.69) is 5.10 Å².